The number of hydrogen-bond donors (Lipinski definition) is 5. The summed E-state index contributed by atoms with van der Waals surface area (Å²) in [5.74, 6) is 0.415. The van der Waals surface area contributed by atoms with Crippen LogP contribution in [0.15, 0.2) is 30.3 Å². The van der Waals surface area contributed by atoms with E-state index in [0.29, 0.717) is 18.4 Å². The molecule has 4 aliphatic carbocycles. The lowest BCUT2D eigenvalue weighted by molar-refractivity contribution is -0.207. The van der Waals surface area contributed by atoms with Gasteiger partial charge in [0.15, 0.2) is 0 Å². The van der Waals surface area contributed by atoms with Gasteiger partial charge in [0.05, 0.1) is 30.1 Å². The fourth-order valence-electron chi connectivity index (χ4n) is 10.1. The average Bonchev–Trinajstić information content (AvgIpc) is 3.27. The van der Waals surface area contributed by atoms with Crippen LogP contribution in [0.1, 0.15) is 90.2 Å². The highest BCUT2D eigenvalue weighted by molar-refractivity contribution is 7.85. The van der Waals surface area contributed by atoms with Crippen molar-refractivity contribution in [1.82, 2.24) is 5.32 Å². The molecule has 41 heavy (non-hydrogen) atoms. The predicted molar refractivity (Wildman–Crippen MR) is 156 cm³/mol. The van der Waals surface area contributed by atoms with Crippen molar-refractivity contribution in [2.45, 2.75) is 103 Å². The Labute approximate surface area is 245 Å². The molecular formula is C32H49NO7S. The lowest BCUT2D eigenvalue weighted by Gasteiger charge is -2.63. The van der Waals surface area contributed by atoms with E-state index in [0.717, 1.165) is 38.5 Å². The number of nitrogens with one attached hydrogen (secondary N) is 1. The molecule has 5 rings (SSSR count). The number of fused-ring (bicyclic) bond motifs is 5. The van der Waals surface area contributed by atoms with Crippen LogP contribution in [0.4, 0.5) is 0 Å². The maximum Gasteiger partial charge on any atom is 0.267 e. The Bertz CT molecular complexity index is 1190. The zero-order valence-electron chi connectivity index (χ0n) is 24.7. The minimum atomic E-state index is -4.29. The number of carbonyl (C=O) groups is 1. The second-order valence-corrected chi connectivity index (χ2v) is 15.8. The number of carbonyl (C=O) groups excluding carboxylic acids is 1. The Morgan fingerprint density at radius 1 is 1.02 bits per heavy atom. The van der Waals surface area contributed by atoms with Gasteiger partial charge in [-0.15, -0.1) is 0 Å². The molecule has 9 heteroatoms. The number of hydrogen-bond acceptors (Lipinski definition) is 6. The van der Waals surface area contributed by atoms with Crippen molar-refractivity contribution >= 4 is 16.0 Å². The molecule has 0 aliphatic heterocycles. The molecule has 0 unspecified atom stereocenters. The van der Waals surface area contributed by atoms with Gasteiger partial charge >= 0.3 is 0 Å². The van der Waals surface area contributed by atoms with Crippen LogP contribution in [0.5, 0.6) is 0 Å². The van der Waals surface area contributed by atoms with Gasteiger partial charge in [0.1, 0.15) is 0 Å². The van der Waals surface area contributed by atoms with E-state index in [9.17, 15) is 33.1 Å². The van der Waals surface area contributed by atoms with E-state index in [-0.39, 0.29) is 64.8 Å². The molecule has 0 radical (unpaired) electrons. The van der Waals surface area contributed by atoms with Crippen LogP contribution in [-0.2, 0) is 14.9 Å². The maximum atomic E-state index is 13.0. The predicted octanol–water partition coefficient (Wildman–Crippen LogP) is 4.11. The van der Waals surface area contributed by atoms with Crippen molar-refractivity contribution in [3.05, 3.63) is 35.9 Å². The molecule has 0 saturated heterocycles. The second-order valence-electron chi connectivity index (χ2n) is 14.3. The smallest absolute Gasteiger partial charge is 0.267 e. The molecule has 4 saturated carbocycles. The molecule has 4 fully saturated rings. The van der Waals surface area contributed by atoms with E-state index < -0.39 is 34.1 Å². The number of amides is 1. The summed E-state index contributed by atoms with van der Waals surface area (Å²) >= 11 is 0. The molecule has 0 heterocycles. The van der Waals surface area contributed by atoms with Crippen LogP contribution in [0.3, 0.4) is 0 Å². The first kappa shape index (κ1) is 30.9. The Morgan fingerprint density at radius 2 is 1.73 bits per heavy atom. The molecule has 5 N–H and O–H groups in total. The fourth-order valence-corrected chi connectivity index (χ4v) is 10.8. The molecule has 0 aromatic heterocycles. The quantitative estimate of drug-likeness (QED) is 0.286. The minimum absolute atomic E-state index is 0.0323. The third kappa shape index (κ3) is 5.86. The zero-order valence-corrected chi connectivity index (χ0v) is 25.5. The second kappa shape index (κ2) is 11.5. The molecule has 1 aromatic rings. The van der Waals surface area contributed by atoms with Gasteiger partial charge in [-0.3, -0.25) is 9.35 Å². The number of aliphatic hydroxyl groups excluding tert-OH is 3. The third-order valence-electron chi connectivity index (χ3n) is 12.3. The van der Waals surface area contributed by atoms with E-state index in [4.69, 9.17) is 0 Å². The maximum absolute atomic E-state index is 13.0. The van der Waals surface area contributed by atoms with Crippen molar-refractivity contribution in [2.24, 2.45) is 46.3 Å². The molecular weight excluding hydrogens is 542 g/mol. The fraction of sp³-hybridized carbons (Fsp3) is 0.781. The lowest BCUT2D eigenvalue weighted by Crippen LogP contribution is -2.62. The first-order chi connectivity index (χ1) is 19.2. The van der Waals surface area contributed by atoms with Gasteiger partial charge in [0.2, 0.25) is 5.91 Å². The van der Waals surface area contributed by atoms with E-state index in [1.165, 1.54) is 0 Å². The molecule has 4 aliphatic rings. The summed E-state index contributed by atoms with van der Waals surface area (Å²) in [7, 11) is -4.29. The number of benzene rings is 1. The van der Waals surface area contributed by atoms with Crippen LogP contribution < -0.4 is 5.32 Å². The monoisotopic (exact) mass is 591 g/mol. The van der Waals surface area contributed by atoms with Gasteiger partial charge in [-0.1, -0.05) is 51.1 Å². The summed E-state index contributed by atoms with van der Waals surface area (Å²) in [6.07, 6.45) is 5.42. The number of aliphatic hydroxyl groups is 3. The van der Waals surface area contributed by atoms with Crippen molar-refractivity contribution in [2.75, 3.05) is 5.75 Å². The van der Waals surface area contributed by atoms with Crippen molar-refractivity contribution < 1.29 is 33.1 Å². The first-order valence-corrected chi connectivity index (χ1v) is 17.2. The average molecular weight is 592 g/mol. The van der Waals surface area contributed by atoms with Crippen LogP contribution in [0, 0.1) is 46.3 Å². The SMILES string of the molecule is C[C@H](CCC(=O)N[C@H](CS(=O)(=O)O)c1ccccc1)[C@H]1CC[C@H]2[C@@H]3[C@H](O)C[C@@H]4C[C@H](O)CC[C@]4(C)[C@H]3C[C@H](O)[C@]12C. The zero-order chi connectivity index (χ0) is 29.7. The Morgan fingerprint density at radius 3 is 2.41 bits per heavy atom. The van der Waals surface area contributed by atoms with Gasteiger partial charge in [0.25, 0.3) is 10.1 Å². The summed E-state index contributed by atoms with van der Waals surface area (Å²) in [6.45, 7) is 6.69. The molecule has 12 atom stereocenters. The van der Waals surface area contributed by atoms with Crippen LogP contribution in [-0.4, -0.2) is 58.3 Å². The normalized spacial score (nSPS) is 41.9. The van der Waals surface area contributed by atoms with E-state index in [2.05, 4.69) is 26.1 Å². The van der Waals surface area contributed by atoms with Gasteiger partial charge in [-0.25, -0.2) is 0 Å². The van der Waals surface area contributed by atoms with Gasteiger partial charge < -0.3 is 20.6 Å². The molecule has 1 aromatic carbocycles. The van der Waals surface area contributed by atoms with Gasteiger partial charge in [-0.2, -0.15) is 8.42 Å². The lowest BCUT2D eigenvalue weighted by atomic mass is 9.43. The van der Waals surface area contributed by atoms with Gasteiger partial charge in [-0.05, 0) is 103 Å². The van der Waals surface area contributed by atoms with Crippen molar-refractivity contribution in [3.8, 4) is 0 Å². The molecule has 230 valence electrons. The Hall–Kier alpha value is -1.52. The number of rotatable bonds is 8. The topological polar surface area (TPSA) is 144 Å². The van der Waals surface area contributed by atoms with Crippen LogP contribution in [0.25, 0.3) is 0 Å². The summed E-state index contributed by atoms with van der Waals surface area (Å²) in [5.41, 5.74) is 0.310. The highest BCUT2D eigenvalue weighted by Crippen LogP contribution is 2.68. The summed E-state index contributed by atoms with van der Waals surface area (Å²) in [6, 6.07) is 7.96. The third-order valence-corrected chi connectivity index (χ3v) is 13.0. The highest BCUT2D eigenvalue weighted by Gasteiger charge is 2.65. The molecule has 0 bridgehead atoms. The van der Waals surface area contributed by atoms with E-state index in [1.54, 1.807) is 30.3 Å². The highest BCUT2D eigenvalue weighted by atomic mass is 32.2. The summed E-state index contributed by atoms with van der Waals surface area (Å²) in [5, 5.41) is 36.4. The molecule has 1 amide bonds. The summed E-state index contributed by atoms with van der Waals surface area (Å²) in [4.78, 5) is 13.0. The van der Waals surface area contributed by atoms with Crippen molar-refractivity contribution in [3.63, 3.8) is 0 Å². The van der Waals surface area contributed by atoms with E-state index in [1.807, 2.05) is 0 Å². The van der Waals surface area contributed by atoms with Crippen LogP contribution in [0.2, 0.25) is 0 Å². The van der Waals surface area contributed by atoms with Gasteiger partial charge in [0, 0.05) is 6.42 Å². The first-order valence-electron chi connectivity index (χ1n) is 15.6. The van der Waals surface area contributed by atoms with E-state index >= 15 is 0 Å². The Balaban J connectivity index is 1.26. The molecule has 8 nitrogen and oxygen atoms in total. The van der Waals surface area contributed by atoms with Crippen molar-refractivity contribution in [1.29, 1.82) is 0 Å². The minimum Gasteiger partial charge on any atom is -0.393 e. The Kier molecular flexibility index (Phi) is 8.69. The largest absolute Gasteiger partial charge is 0.393 e. The summed E-state index contributed by atoms with van der Waals surface area (Å²) < 4.78 is 32.7. The molecule has 0 spiro atoms. The van der Waals surface area contributed by atoms with Crippen LogP contribution >= 0.6 is 0 Å². The standard InChI is InChI=1S/C32H49NO7S/c1-19(9-12-29(37)33-26(18-41(38,39)40)20-7-5-4-6-8-20)23-10-11-24-30-25(17-28(36)32(23,24)3)31(2)14-13-22(34)15-21(31)16-27(30)35/h4-8,19,21-28,30,34-36H,9-18H2,1-3H3,(H,33,37)(H,38,39,40)/t19-,21+,22-,23-,24+,25+,26-,27-,28+,30+,31+,32-/m1/s1.